The summed E-state index contributed by atoms with van der Waals surface area (Å²) in [5.41, 5.74) is 6.91. The van der Waals surface area contributed by atoms with E-state index in [1.807, 2.05) is 12.1 Å². The minimum atomic E-state index is -4.37. The molecule has 3 aromatic rings. The van der Waals surface area contributed by atoms with E-state index in [1.54, 1.807) is 26.4 Å². The van der Waals surface area contributed by atoms with Crippen LogP contribution in [0.4, 0.5) is 13.2 Å². The summed E-state index contributed by atoms with van der Waals surface area (Å²) in [5, 5.41) is 0. The van der Waals surface area contributed by atoms with Crippen LogP contribution in [0.3, 0.4) is 0 Å². The Hall–Kier alpha value is -2.22. The molecule has 0 N–H and O–H groups in total. The molecule has 0 spiro atoms. The molecule has 0 aliphatic heterocycles. The molecule has 0 heterocycles. The molecule has 0 aliphatic carbocycles. The third kappa shape index (κ3) is 6.10. The largest absolute Gasteiger partial charge is 0.496 e. The van der Waals surface area contributed by atoms with Gasteiger partial charge < -0.3 is 9.47 Å². The molecule has 200 valence electrons. The van der Waals surface area contributed by atoms with Crippen LogP contribution in [0.15, 0.2) is 42.5 Å². The van der Waals surface area contributed by atoms with E-state index in [4.69, 9.17) is 9.47 Å². The van der Waals surface area contributed by atoms with E-state index < -0.39 is 11.7 Å². The molecule has 37 heavy (non-hydrogen) atoms. The number of benzene rings is 3. The zero-order chi connectivity index (χ0) is 27.3. The summed E-state index contributed by atoms with van der Waals surface area (Å²) < 4.78 is 52.6. The SMILES string of the molecule is CCCc1cc(C(C)CC)c(-c2c(OC)ccc(OC)c2I)c(CCC)c1-c1ccc(C(F)(F)F)cc1. The van der Waals surface area contributed by atoms with Crippen LogP contribution in [0.5, 0.6) is 11.5 Å². The molecule has 3 aromatic carbocycles. The molecule has 3 rings (SSSR count). The molecule has 2 nitrogen and oxygen atoms in total. The number of alkyl halides is 3. The van der Waals surface area contributed by atoms with E-state index in [0.717, 1.165) is 75.0 Å². The second kappa shape index (κ2) is 12.5. The molecule has 0 radical (unpaired) electrons. The summed E-state index contributed by atoms with van der Waals surface area (Å²) in [6, 6.07) is 11.8. The topological polar surface area (TPSA) is 18.5 Å². The van der Waals surface area contributed by atoms with Crippen LogP contribution in [-0.4, -0.2) is 14.2 Å². The molecule has 0 aliphatic rings. The third-order valence-electron chi connectivity index (χ3n) is 6.96. The van der Waals surface area contributed by atoms with Crippen molar-refractivity contribution < 1.29 is 22.6 Å². The minimum absolute atomic E-state index is 0.287. The molecule has 6 heteroatoms. The predicted molar refractivity (Wildman–Crippen MR) is 155 cm³/mol. The highest BCUT2D eigenvalue weighted by molar-refractivity contribution is 14.1. The molecule has 0 amide bonds. The number of ether oxygens (including phenoxy) is 2. The van der Waals surface area contributed by atoms with E-state index in [9.17, 15) is 13.2 Å². The van der Waals surface area contributed by atoms with Crippen LogP contribution in [0, 0.1) is 3.57 Å². The van der Waals surface area contributed by atoms with Gasteiger partial charge in [-0.2, -0.15) is 13.2 Å². The number of halogens is 4. The van der Waals surface area contributed by atoms with Gasteiger partial charge in [0.1, 0.15) is 11.5 Å². The van der Waals surface area contributed by atoms with Gasteiger partial charge in [-0.15, -0.1) is 0 Å². The first-order chi connectivity index (χ1) is 17.6. The van der Waals surface area contributed by atoms with Crippen LogP contribution < -0.4 is 9.47 Å². The summed E-state index contributed by atoms with van der Waals surface area (Å²) in [4.78, 5) is 0. The van der Waals surface area contributed by atoms with E-state index >= 15 is 0 Å². The van der Waals surface area contributed by atoms with Gasteiger partial charge in [-0.25, -0.2) is 0 Å². The zero-order valence-electron chi connectivity index (χ0n) is 22.5. The van der Waals surface area contributed by atoms with Gasteiger partial charge in [0.05, 0.1) is 23.4 Å². The lowest BCUT2D eigenvalue weighted by atomic mass is 9.78. The number of hydrogen-bond acceptors (Lipinski definition) is 2. The minimum Gasteiger partial charge on any atom is -0.496 e. The fraction of sp³-hybridized carbons (Fsp3) is 0.419. The fourth-order valence-electron chi connectivity index (χ4n) is 4.98. The van der Waals surface area contributed by atoms with Crippen molar-refractivity contribution in [1.82, 2.24) is 0 Å². The monoisotopic (exact) mass is 624 g/mol. The normalized spacial score (nSPS) is 12.5. The maximum Gasteiger partial charge on any atom is 0.416 e. The van der Waals surface area contributed by atoms with Crippen molar-refractivity contribution in [2.24, 2.45) is 0 Å². The average molecular weight is 625 g/mol. The Morgan fingerprint density at radius 3 is 1.92 bits per heavy atom. The average Bonchev–Trinajstić information content (AvgIpc) is 2.88. The van der Waals surface area contributed by atoms with Crippen molar-refractivity contribution in [3.05, 3.63) is 68.3 Å². The summed E-state index contributed by atoms with van der Waals surface area (Å²) in [6.07, 6.45) is 0.0864. The van der Waals surface area contributed by atoms with E-state index in [0.29, 0.717) is 0 Å². The number of hydrogen-bond donors (Lipinski definition) is 0. The third-order valence-corrected chi connectivity index (χ3v) is 8.04. The summed E-state index contributed by atoms with van der Waals surface area (Å²) >= 11 is 2.33. The van der Waals surface area contributed by atoms with Gasteiger partial charge in [-0.05, 0) is 105 Å². The maximum atomic E-state index is 13.4. The highest BCUT2D eigenvalue weighted by Gasteiger charge is 2.31. The standard InChI is InChI=1S/C31H36F3IO2/c1-7-10-21-18-24(19(4)9-3)28(29-25(36-5)16-17-26(37-6)30(29)35)23(11-8-2)27(21)20-12-14-22(15-13-20)31(32,33)34/h12-19H,7-11H2,1-6H3. The Labute approximate surface area is 232 Å². The first kappa shape index (κ1) is 29.3. The van der Waals surface area contributed by atoms with Crippen LogP contribution in [0.1, 0.15) is 75.1 Å². The molecule has 0 bridgehead atoms. The molecular formula is C31H36F3IO2. The molecule has 1 atom stereocenters. The Kier molecular flexibility index (Phi) is 9.95. The van der Waals surface area contributed by atoms with Gasteiger partial charge in [0.25, 0.3) is 0 Å². The molecule has 0 saturated carbocycles. The fourth-order valence-corrected chi connectivity index (χ4v) is 5.92. The van der Waals surface area contributed by atoms with Crippen LogP contribution >= 0.6 is 22.6 Å². The molecule has 0 fully saturated rings. The van der Waals surface area contributed by atoms with Crippen molar-refractivity contribution in [1.29, 1.82) is 0 Å². The highest BCUT2D eigenvalue weighted by atomic mass is 127. The van der Waals surface area contributed by atoms with Gasteiger partial charge in [0, 0.05) is 5.56 Å². The van der Waals surface area contributed by atoms with Gasteiger partial charge in [0.15, 0.2) is 0 Å². The Morgan fingerprint density at radius 2 is 1.41 bits per heavy atom. The highest BCUT2D eigenvalue weighted by Crippen LogP contribution is 2.48. The Morgan fingerprint density at radius 1 is 0.811 bits per heavy atom. The van der Waals surface area contributed by atoms with E-state index in [1.165, 1.54) is 23.3 Å². The second-order valence-corrected chi connectivity index (χ2v) is 10.5. The molecule has 1 unspecified atom stereocenters. The maximum absolute atomic E-state index is 13.4. The predicted octanol–water partition coefficient (Wildman–Crippen LogP) is 10.1. The van der Waals surface area contributed by atoms with Crippen molar-refractivity contribution >= 4 is 22.6 Å². The van der Waals surface area contributed by atoms with Crippen LogP contribution in [-0.2, 0) is 19.0 Å². The number of aryl methyl sites for hydroxylation is 1. The Balaban J connectivity index is 2.51. The van der Waals surface area contributed by atoms with Crippen molar-refractivity contribution in [3.63, 3.8) is 0 Å². The second-order valence-electron chi connectivity index (χ2n) is 9.40. The summed E-state index contributed by atoms with van der Waals surface area (Å²) in [7, 11) is 3.33. The lowest BCUT2D eigenvalue weighted by Gasteiger charge is -2.27. The zero-order valence-corrected chi connectivity index (χ0v) is 24.6. The van der Waals surface area contributed by atoms with Crippen molar-refractivity contribution in [2.45, 2.75) is 71.9 Å². The first-order valence-corrected chi connectivity index (χ1v) is 14.0. The van der Waals surface area contributed by atoms with Gasteiger partial charge in [-0.3, -0.25) is 0 Å². The van der Waals surface area contributed by atoms with Crippen molar-refractivity contribution in [2.75, 3.05) is 14.2 Å². The van der Waals surface area contributed by atoms with Crippen LogP contribution in [0.25, 0.3) is 22.3 Å². The van der Waals surface area contributed by atoms with Gasteiger partial charge >= 0.3 is 6.18 Å². The smallest absolute Gasteiger partial charge is 0.416 e. The number of methoxy groups -OCH3 is 2. The summed E-state index contributed by atoms with van der Waals surface area (Å²) in [6.45, 7) is 8.71. The molecule has 0 saturated heterocycles. The molecular weight excluding hydrogens is 588 g/mol. The van der Waals surface area contributed by atoms with Gasteiger partial charge in [0.2, 0.25) is 0 Å². The van der Waals surface area contributed by atoms with Crippen LogP contribution in [0.2, 0.25) is 0 Å². The lowest BCUT2D eigenvalue weighted by molar-refractivity contribution is -0.137. The van der Waals surface area contributed by atoms with E-state index in [-0.39, 0.29) is 5.92 Å². The first-order valence-electron chi connectivity index (χ1n) is 12.9. The van der Waals surface area contributed by atoms with Crippen molar-refractivity contribution in [3.8, 4) is 33.8 Å². The quantitative estimate of drug-likeness (QED) is 0.209. The molecule has 0 aromatic heterocycles. The number of rotatable bonds is 10. The van der Waals surface area contributed by atoms with Gasteiger partial charge in [-0.1, -0.05) is 58.7 Å². The lowest BCUT2D eigenvalue weighted by Crippen LogP contribution is -2.09. The Bertz CT molecular complexity index is 1220. The summed E-state index contributed by atoms with van der Waals surface area (Å²) in [5.74, 6) is 1.81. The van der Waals surface area contributed by atoms with E-state index in [2.05, 4.69) is 56.4 Å².